The van der Waals surface area contributed by atoms with Crippen LogP contribution in [0.3, 0.4) is 0 Å². The van der Waals surface area contributed by atoms with Gasteiger partial charge in [0.05, 0.1) is 19.0 Å². The van der Waals surface area contributed by atoms with Gasteiger partial charge in [-0.3, -0.25) is 5.32 Å². The fourth-order valence-corrected chi connectivity index (χ4v) is 3.61. The SMILES string of the molecule is C=CCn1c(-c2ccccc2)c(NC(=O)OC)s/c1=N/N=C\c1ccc(O)cc1. The lowest BCUT2D eigenvalue weighted by molar-refractivity contribution is 0.187. The maximum Gasteiger partial charge on any atom is 0.412 e. The number of nitrogens with one attached hydrogen (secondary N) is 1. The van der Waals surface area contributed by atoms with Gasteiger partial charge in [0.25, 0.3) is 0 Å². The monoisotopic (exact) mass is 408 g/mol. The Labute approximate surface area is 171 Å². The first kappa shape index (κ1) is 20.1. The molecule has 148 valence electrons. The lowest BCUT2D eigenvalue weighted by atomic mass is 10.1. The van der Waals surface area contributed by atoms with Crippen LogP contribution >= 0.6 is 11.3 Å². The number of phenols is 1. The number of ether oxygens (including phenoxy) is 1. The molecule has 2 aromatic carbocycles. The number of thiazole rings is 1. The predicted molar refractivity (Wildman–Crippen MR) is 115 cm³/mol. The Morgan fingerprint density at radius 3 is 2.62 bits per heavy atom. The van der Waals surface area contributed by atoms with Crippen LogP contribution in [0.4, 0.5) is 9.80 Å². The van der Waals surface area contributed by atoms with Crippen molar-refractivity contribution in [3.63, 3.8) is 0 Å². The molecule has 3 rings (SSSR count). The van der Waals surface area contributed by atoms with Gasteiger partial charge in [0.1, 0.15) is 10.8 Å². The fraction of sp³-hybridized carbons (Fsp3) is 0.0952. The molecule has 0 unspecified atom stereocenters. The van der Waals surface area contributed by atoms with Crippen molar-refractivity contribution in [2.45, 2.75) is 6.54 Å². The van der Waals surface area contributed by atoms with Gasteiger partial charge in [0, 0.05) is 12.1 Å². The van der Waals surface area contributed by atoms with E-state index in [-0.39, 0.29) is 5.75 Å². The first-order chi connectivity index (χ1) is 14.1. The van der Waals surface area contributed by atoms with Crippen LogP contribution in [-0.2, 0) is 11.3 Å². The summed E-state index contributed by atoms with van der Waals surface area (Å²) in [5.74, 6) is 0.187. The van der Waals surface area contributed by atoms with Crippen molar-refractivity contribution >= 4 is 28.6 Å². The van der Waals surface area contributed by atoms with Crippen LogP contribution < -0.4 is 10.1 Å². The van der Waals surface area contributed by atoms with Crippen LogP contribution in [0.2, 0.25) is 0 Å². The van der Waals surface area contributed by atoms with E-state index in [1.165, 1.54) is 18.4 Å². The predicted octanol–water partition coefficient (Wildman–Crippen LogP) is 4.22. The normalized spacial score (nSPS) is 11.6. The quantitative estimate of drug-likeness (QED) is 0.364. The highest BCUT2D eigenvalue weighted by Gasteiger charge is 2.17. The first-order valence-corrected chi connectivity index (χ1v) is 9.55. The van der Waals surface area contributed by atoms with Crippen LogP contribution in [0.25, 0.3) is 11.3 Å². The van der Waals surface area contributed by atoms with Crippen LogP contribution in [0.1, 0.15) is 5.56 Å². The molecule has 29 heavy (non-hydrogen) atoms. The van der Waals surface area contributed by atoms with E-state index in [0.717, 1.165) is 16.8 Å². The highest BCUT2D eigenvalue weighted by Crippen LogP contribution is 2.31. The zero-order valence-corrected chi connectivity index (χ0v) is 16.6. The summed E-state index contributed by atoms with van der Waals surface area (Å²) in [6.07, 6.45) is 2.78. The topological polar surface area (TPSA) is 88.2 Å². The minimum Gasteiger partial charge on any atom is -0.508 e. The standard InChI is InChI=1S/C21H20N4O3S/c1-3-13-25-18(16-7-5-4-6-8-16)19(23-21(27)28-2)29-20(25)24-22-14-15-9-11-17(26)12-10-15/h3-12,14,26H,1,13H2,2H3,(H,23,27)/b22-14-,24-20+. The van der Waals surface area contributed by atoms with E-state index in [9.17, 15) is 9.90 Å². The maximum absolute atomic E-state index is 11.8. The number of methoxy groups -OCH3 is 1. The number of allylic oxidation sites excluding steroid dienone is 1. The highest BCUT2D eigenvalue weighted by molar-refractivity contribution is 7.14. The molecule has 0 atom stereocenters. The van der Waals surface area contributed by atoms with Gasteiger partial charge in [-0.25, -0.2) is 4.79 Å². The van der Waals surface area contributed by atoms with E-state index in [1.54, 1.807) is 36.6 Å². The van der Waals surface area contributed by atoms with Gasteiger partial charge in [-0.1, -0.05) is 47.7 Å². The number of amides is 1. The largest absolute Gasteiger partial charge is 0.508 e. The number of hydrogen-bond donors (Lipinski definition) is 2. The minimum absolute atomic E-state index is 0.187. The number of carbonyl (C=O) groups is 1. The molecule has 0 aliphatic heterocycles. The molecule has 7 nitrogen and oxygen atoms in total. The van der Waals surface area contributed by atoms with E-state index in [0.29, 0.717) is 16.3 Å². The van der Waals surface area contributed by atoms with Gasteiger partial charge < -0.3 is 14.4 Å². The lowest BCUT2D eigenvalue weighted by Crippen LogP contribution is -2.15. The Bertz CT molecular complexity index is 1080. The molecule has 0 aliphatic carbocycles. The molecule has 0 saturated carbocycles. The van der Waals surface area contributed by atoms with Crippen molar-refractivity contribution < 1.29 is 14.6 Å². The van der Waals surface area contributed by atoms with E-state index in [1.807, 2.05) is 34.9 Å². The molecule has 0 spiro atoms. The Hall–Kier alpha value is -3.65. The summed E-state index contributed by atoms with van der Waals surface area (Å²) in [4.78, 5) is 12.4. The minimum atomic E-state index is -0.562. The number of benzene rings is 2. The number of anilines is 1. The number of aromatic hydroxyl groups is 1. The molecule has 0 saturated heterocycles. The Morgan fingerprint density at radius 2 is 1.97 bits per heavy atom. The van der Waals surface area contributed by atoms with Crippen LogP contribution in [-0.4, -0.2) is 29.1 Å². The zero-order valence-electron chi connectivity index (χ0n) is 15.8. The second kappa shape index (κ2) is 9.52. The number of phenolic OH excluding ortho intramolecular Hbond substituents is 1. The molecule has 1 amide bonds. The van der Waals surface area contributed by atoms with Gasteiger partial charge >= 0.3 is 6.09 Å². The summed E-state index contributed by atoms with van der Waals surface area (Å²) in [6, 6.07) is 16.3. The van der Waals surface area contributed by atoms with E-state index in [4.69, 9.17) is 4.74 Å². The van der Waals surface area contributed by atoms with Gasteiger partial charge in [-0.2, -0.15) is 5.10 Å². The molecule has 0 bridgehead atoms. The summed E-state index contributed by atoms with van der Waals surface area (Å²) in [6.45, 7) is 4.31. The molecular formula is C21H20N4O3S. The van der Waals surface area contributed by atoms with Crippen LogP contribution in [0.15, 0.2) is 77.5 Å². The Morgan fingerprint density at radius 1 is 1.24 bits per heavy atom. The second-order valence-corrected chi connectivity index (χ2v) is 6.86. The van der Waals surface area contributed by atoms with Crippen molar-refractivity contribution in [2.75, 3.05) is 12.4 Å². The molecule has 2 N–H and O–H groups in total. The lowest BCUT2D eigenvalue weighted by Gasteiger charge is -2.09. The Balaban J connectivity index is 2.09. The molecule has 0 radical (unpaired) electrons. The number of hydrogen-bond acceptors (Lipinski definition) is 6. The first-order valence-electron chi connectivity index (χ1n) is 8.73. The number of aromatic nitrogens is 1. The molecule has 1 heterocycles. The smallest absolute Gasteiger partial charge is 0.412 e. The third-order valence-corrected chi connectivity index (χ3v) is 4.90. The van der Waals surface area contributed by atoms with Crippen molar-refractivity contribution in [1.82, 2.24) is 4.57 Å². The number of nitrogens with zero attached hydrogens (tertiary/aromatic N) is 3. The van der Waals surface area contributed by atoms with Gasteiger partial charge in [0.2, 0.25) is 4.80 Å². The summed E-state index contributed by atoms with van der Waals surface area (Å²) in [5, 5.41) is 21.2. The average molecular weight is 408 g/mol. The van der Waals surface area contributed by atoms with Crippen molar-refractivity contribution in [3.05, 3.63) is 77.6 Å². The van der Waals surface area contributed by atoms with Crippen molar-refractivity contribution in [1.29, 1.82) is 0 Å². The molecule has 8 heteroatoms. The summed E-state index contributed by atoms with van der Waals surface area (Å²) in [5.41, 5.74) is 2.51. The molecular weight excluding hydrogens is 388 g/mol. The molecule has 3 aromatic rings. The van der Waals surface area contributed by atoms with Gasteiger partial charge in [-0.05, 0) is 29.8 Å². The number of carbonyl (C=O) groups excluding carboxylic acids is 1. The van der Waals surface area contributed by atoms with Gasteiger partial charge in [-0.15, -0.1) is 11.7 Å². The Kier molecular flexibility index (Phi) is 6.59. The fourth-order valence-electron chi connectivity index (χ4n) is 2.60. The van der Waals surface area contributed by atoms with Crippen LogP contribution in [0.5, 0.6) is 5.75 Å². The van der Waals surface area contributed by atoms with Crippen molar-refractivity contribution in [2.24, 2.45) is 10.2 Å². The van der Waals surface area contributed by atoms with E-state index in [2.05, 4.69) is 22.1 Å². The maximum atomic E-state index is 11.8. The third kappa shape index (κ3) is 4.99. The third-order valence-electron chi connectivity index (χ3n) is 3.91. The molecule has 0 aliphatic rings. The summed E-state index contributed by atoms with van der Waals surface area (Å²) in [7, 11) is 1.32. The summed E-state index contributed by atoms with van der Waals surface area (Å²) >= 11 is 1.29. The van der Waals surface area contributed by atoms with Gasteiger partial charge in [0.15, 0.2) is 0 Å². The second-order valence-electron chi connectivity index (χ2n) is 5.88. The average Bonchev–Trinajstić information content (AvgIpc) is 3.07. The molecule has 1 aromatic heterocycles. The van der Waals surface area contributed by atoms with Crippen molar-refractivity contribution in [3.8, 4) is 17.0 Å². The highest BCUT2D eigenvalue weighted by atomic mass is 32.1. The number of rotatable bonds is 6. The molecule has 0 fully saturated rings. The van der Waals surface area contributed by atoms with E-state index < -0.39 is 6.09 Å². The zero-order chi connectivity index (χ0) is 20.6. The van der Waals surface area contributed by atoms with E-state index >= 15 is 0 Å². The van der Waals surface area contributed by atoms with Crippen LogP contribution in [0, 0.1) is 0 Å². The summed E-state index contributed by atoms with van der Waals surface area (Å²) < 4.78 is 6.67.